The van der Waals surface area contributed by atoms with Crippen LogP contribution in [0.3, 0.4) is 0 Å². The van der Waals surface area contributed by atoms with Gasteiger partial charge in [0.2, 0.25) is 0 Å². The summed E-state index contributed by atoms with van der Waals surface area (Å²) >= 11 is 3.25. The summed E-state index contributed by atoms with van der Waals surface area (Å²) in [7, 11) is 3.99. The van der Waals surface area contributed by atoms with E-state index in [0.29, 0.717) is 17.4 Å². The third-order valence-electron chi connectivity index (χ3n) is 4.24. The molecular formula is C21H26ClN3O2S2. The van der Waals surface area contributed by atoms with E-state index in [1.54, 1.807) is 28.0 Å². The number of nitrogens with zero attached hydrogens (tertiary/aromatic N) is 3. The Morgan fingerprint density at radius 3 is 2.66 bits per heavy atom. The van der Waals surface area contributed by atoms with E-state index >= 15 is 0 Å². The normalized spacial score (nSPS) is 10.8. The Morgan fingerprint density at radius 1 is 1.17 bits per heavy atom. The highest BCUT2D eigenvalue weighted by molar-refractivity contribution is 7.98. The smallest absolute Gasteiger partial charge is 0.266 e. The third-order valence-corrected chi connectivity index (χ3v) is 6.01. The second kappa shape index (κ2) is 10.8. The highest BCUT2D eigenvalue weighted by atomic mass is 35.5. The van der Waals surface area contributed by atoms with Crippen LogP contribution in [-0.2, 0) is 4.79 Å². The zero-order chi connectivity index (χ0) is 20.1. The SMILES string of the molecule is CSc1ccc2nc(N(CCN(C)C)C(=O)COc3cccc(C)c3)sc2c1.Cl. The van der Waals surface area contributed by atoms with Crippen LogP contribution < -0.4 is 9.64 Å². The molecule has 1 heterocycles. The molecule has 3 aromatic rings. The third kappa shape index (κ3) is 6.34. The Kier molecular flexibility index (Phi) is 8.77. The lowest BCUT2D eigenvalue weighted by Gasteiger charge is -2.22. The molecule has 0 N–H and O–H groups in total. The first-order chi connectivity index (χ1) is 13.5. The molecule has 29 heavy (non-hydrogen) atoms. The van der Waals surface area contributed by atoms with Gasteiger partial charge in [0, 0.05) is 18.0 Å². The predicted molar refractivity (Wildman–Crippen MR) is 126 cm³/mol. The molecule has 0 saturated carbocycles. The number of carbonyl (C=O) groups excluding carboxylic acids is 1. The maximum atomic E-state index is 13.0. The number of hydrogen-bond acceptors (Lipinski definition) is 6. The number of thiazole rings is 1. The molecule has 0 spiro atoms. The number of amides is 1. The molecule has 0 atom stereocenters. The maximum Gasteiger partial charge on any atom is 0.266 e. The lowest BCUT2D eigenvalue weighted by atomic mass is 10.2. The standard InChI is InChI=1S/C21H25N3O2S2.ClH/c1-15-6-5-7-16(12-15)26-14-20(25)24(11-10-23(2)3)21-22-18-9-8-17(27-4)13-19(18)28-21;/h5-9,12-13H,10-11,14H2,1-4H3;1H. The number of aryl methyl sites for hydroxylation is 1. The summed E-state index contributed by atoms with van der Waals surface area (Å²) in [6.45, 7) is 3.31. The van der Waals surface area contributed by atoms with Gasteiger partial charge in [-0.1, -0.05) is 23.5 Å². The van der Waals surface area contributed by atoms with E-state index in [4.69, 9.17) is 9.72 Å². The molecule has 156 valence electrons. The Hall–Kier alpha value is -1.80. The Bertz CT molecular complexity index is 962. The number of aromatic nitrogens is 1. The monoisotopic (exact) mass is 451 g/mol. The molecule has 8 heteroatoms. The second-order valence-electron chi connectivity index (χ2n) is 6.78. The van der Waals surface area contributed by atoms with Gasteiger partial charge in [-0.2, -0.15) is 0 Å². The molecule has 0 aliphatic heterocycles. The van der Waals surface area contributed by atoms with Crippen molar-refractivity contribution in [1.29, 1.82) is 0 Å². The van der Waals surface area contributed by atoms with E-state index in [1.165, 1.54) is 4.90 Å². The Balaban J connectivity index is 0.00000300. The van der Waals surface area contributed by atoms with E-state index in [1.807, 2.05) is 51.4 Å². The summed E-state index contributed by atoms with van der Waals surface area (Å²) in [5.74, 6) is 0.613. The number of rotatable bonds is 8. The minimum absolute atomic E-state index is 0. The molecule has 0 radical (unpaired) electrons. The second-order valence-corrected chi connectivity index (χ2v) is 8.67. The van der Waals surface area contributed by atoms with Gasteiger partial charge in [-0.3, -0.25) is 9.69 Å². The van der Waals surface area contributed by atoms with Gasteiger partial charge in [-0.25, -0.2) is 4.98 Å². The summed E-state index contributed by atoms with van der Waals surface area (Å²) in [6, 6.07) is 13.9. The van der Waals surface area contributed by atoms with Crippen molar-refractivity contribution in [1.82, 2.24) is 9.88 Å². The molecule has 0 aliphatic carbocycles. The molecule has 0 bridgehead atoms. The first kappa shape index (κ1) is 23.5. The summed E-state index contributed by atoms with van der Waals surface area (Å²) in [5, 5.41) is 0.716. The number of likely N-dealkylation sites (N-methyl/N-ethyl adjacent to an activating group) is 1. The zero-order valence-electron chi connectivity index (χ0n) is 17.0. The summed E-state index contributed by atoms with van der Waals surface area (Å²) in [5.41, 5.74) is 2.02. The number of fused-ring (bicyclic) bond motifs is 1. The van der Waals surface area contributed by atoms with Crippen molar-refractivity contribution in [2.45, 2.75) is 11.8 Å². The lowest BCUT2D eigenvalue weighted by Crippen LogP contribution is -2.39. The fourth-order valence-corrected chi connectivity index (χ4v) is 4.25. The first-order valence-electron chi connectivity index (χ1n) is 9.05. The van der Waals surface area contributed by atoms with E-state index in [9.17, 15) is 4.79 Å². The van der Waals surface area contributed by atoms with Crippen LogP contribution in [0.4, 0.5) is 5.13 Å². The van der Waals surface area contributed by atoms with Crippen molar-refractivity contribution in [2.75, 3.05) is 44.9 Å². The molecule has 1 aromatic heterocycles. The number of ether oxygens (including phenoxy) is 1. The zero-order valence-corrected chi connectivity index (χ0v) is 19.5. The molecule has 0 fully saturated rings. The van der Waals surface area contributed by atoms with Gasteiger partial charge in [0.15, 0.2) is 11.7 Å². The first-order valence-corrected chi connectivity index (χ1v) is 11.1. The molecule has 0 unspecified atom stereocenters. The molecular weight excluding hydrogens is 426 g/mol. The van der Waals surface area contributed by atoms with Crippen molar-refractivity contribution >= 4 is 56.8 Å². The molecule has 5 nitrogen and oxygen atoms in total. The largest absolute Gasteiger partial charge is 0.484 e. The van der Waals surface area contributed by atoms with Gasteiger partial charge < -0.3 is 9.64 Å². The van der Waals surface area contributed by atoms with Crippen molar-refractivity contribution in [3.63, 3.8) is 0 Å². The highest BCUT2D eigenvalue weighted by Crippen LogP contribution is 2.31. The van der Waals surface area contributed by atoms with Gasteiger partial charge >= 0.3 is 0 Å². The van der Waals surface area contributed by atoms with E-state index in [0.717, 1.165) is 22.3 Å². The van der Waals surface area contributed by atoms with Crippen LogP contribution in [0, 0.1) is 6.92 Å². The maximum absolute atomic E-state index is 13.0. The summed E-state index contributed by atoms with van der Waals surface area (Å²) in [4.78, 5) is 22.6. The topological polar surface area (TPSA) is 45.7 Å². The summed E-state index contributed by atoms with van der Waals surface area (Å²) in [6.07, 6.45) is 2.05. The van der Waals surface area contributed by atoms with Gasteiger partial charge in [-0.15, -0.1) is 24.2 Å². The van der Waals surface area contributed by atoms with E-state index < -0.39 is 0 Å². The van der Waals surface area contributed by atoms with Crippen LogP contribution in [0.1, 0.15) is 5.56 Å². The number of benzene rings is 2. The summed E-state index contributed by atoms with van der Waals surface area (Å²) < 4.78 is 6.82. The predicted octanol–water partition coefficient (Wildman–Crippen LogP) is 4.72. The highest BCUT2D eigenvalue weighted by Gasteiger charge is 2.20. The molecule has 1 amide bonds. The van der Waals surface area contributed by atoms with Crippen LogP contribution in [0.5, 0.6) is 5.75 Å². The van der Waals surface area contributed by atoms with Crippen molar-refractivity contribution in [3.05, 3.63) is 48.0 Å². The van der Waals surface area contributed by atoms with Crippen molar-refractivity contribution in [3.8, 4) is 5.75 Å². The van der Waals surface area contributed by atoms with Crippen molar-refractivity contribution < 1.29 is 9.53 Å². The van der Waals surface area contributed by atoms with Crippen LogP contribution >= 0.6 is 35.5 Å². The minimum atomic E-state index is -0.0903. The van der Waals surface area contributed by atoms with E-state index in [2.05, 4.69) is 23.3 Å². The minimum Gasteiger partial charge on any atom is -0.484 e. The van der Waals surface area contributed by atoms with Crippen LogP contribution in [0.2, 0.25) is 0 Å². The fraction of sp³-hybridized carbons (Fsp3) is 0.333. The number of carbonyl (C=O) groups is 1. The van der Waals surface area contributed by atoms with E-state index in [-0.39, 0.29) is 24.9 Å². The lowest BCUT2D eigenvalue weighted by molar-refractivity contribution is -0.120. The van der Waals surface area contributed by atoms with Crippen molar-refractivity contribution in [2.24, 2.45) is 0 Å². The average Bonchev–Trinajstić information content (AvgIpc) is 3.09. The quantitative estimate of drug-likeness (QED) is 0.463. The fourth-order valence-electron chi connectivity index (χ4n) is 2.69. The number of thioether (sulfide) groups is 1. The van der Waals surface area contributed by atoms with Gasteiger partial charge in [0.05, 0.1) is 10.2 Å². The van der Waals surface area contributed by atoms with Gasteiger partial charge in [0.1, 0.15) is 5.75 Å². The number of halogens is 1. The number of hydrogen-bond donors (Lipinski definition) is 0. The molecule has 0 aliphatic rings. The average molecular weight is 452 g/mol. The number of anilines is 1. The molecule has 2 aromatic carbocycles. The van der Waals surface area contributed by atoms with Gasteiger partial charge in [0.25, 0.3) is 5.91 Å². The Morgan fingerprint density at radius 2 is 1.97 bits per heavy atom. The molecule has 3 rings (SSSR count). The van der Waals surface area contributed by atoms with Crippen LogP contribution in [0.25, 0.3) is 10.2 Å². The van der Waals surface area contributed by atoms with Crippen LogP contribution in [-0.4, -0.2) is 55.8 Å². The van der Waals surface area contributed by atoms with Crippen LogP contribution in [0.15, 0.2) is 47.4 Å². The molecule has 0 saturated heterocycles. The Labute approximate surface area is 186 Å². The van der Waals surface area contributed by atoms with Gasteiger partial charge in [-0.05, 0) is 63.2 Å².